The minimum atomic E-state index is -3.57. The SMILES string of the molecule is Cc1ccc(C)c(NS(=O)(=O)c2ccc3c(c2)C[C@H](C)N3)c1. The highest BCUT2D eigenvalue weighted by atomic mass is 32.2. The van der Waals surface area contributed by atoms with Crippen LogP contribution in [0.4, 0.5) is 11.4 Å². The van der Waals surface area contributed by atoms with Crippen LogP contribution in [0, 0.1) is 13.8 Å². The smallest absolute Gasteiger partial charge is 0.261 e. The van der Waals surface area contributed by atoms with Crippen molar-refractivity contribution >= 4 is 21.4 Å². The van der Waals surface area contributed by atoms with Gasteiger partial charge in [0, 0.05) is 11.7 Å². The molecule has 0 saturated carbocycles. The van der Waals surface area contributed by atoms with Crippen LogP contribution in [-0.2, 0) is 16.4 Å². The van der Waals surface area contributed by atoms with E-state index < -0.39 is 10.0 Å². The molecular formula is C17H20N2O2S. The van der Waals surface area contributed by atoms with E-state index in [1.54, 1.807) is 12.1 Å². The Kier molecular flexibility index (Phi) is 3.60. The molecule has 0 spiro atoms. The summed E-state index contributed by atoms with van der Waals surface area (Å²) in [5.74, 6) is 0. The number of benzene rings is 2. The van der Waals surface area contributed by atoms with Gasteiger partial charge in [-0.25, -0.2) is 8.42 Å². The molecule has 5 heteroatoms. The van der Waals surface area contributed by atoms with E-state index in [4.69, 9.17) is 0 Å². The first-order chi connectivity index (χ1) is 10.3. The summed E-state index contributed by atoms with van der Waals surface area (Å²) in [5.41, 5.74) is 4.64. The molecule has 1 atom stereocenters. The lowest BCUT2D eigenvalue weighted by Gasteiger charge is -2.12. The maximum absolute atomic E-state index is 12.6. The Bertz CT molecular complexity index is 829. The van der Waals surface area contributed by atoms with Crippen LogP contribution in [0.15, 0.2) is 41.3 Å². The van der Waals surface area contributed by atoms with E-state index in [0.29, 0.717) is 16.6 Å². The largest absolute Gasteiger partial charge is 0.382 e. The van der Waals surface area contributed by atoms with Crippen LogP contribution < -0.4 is 10.0 Å². The van der Waals surface area contributed by atoms with Crippen molar-refractivity contribution in [3.8, 4) is 0 Å². The molecule has 0 radical (unpaired) electrons. The van der Waals surface area contributed by atoms with Gasteiger partial charge in [0.2, 0.25) is 0 Å². The molecule has 1 heterocycles. The lowest BCUT2D eigenvalue weighted by Crippen LogP contribution is -2.14. The van der Waals surface area contributed by atoms with Crippen LogP contribution in [-0.4, -0.2) is 14.5 Å². The highest BCUT2D eigenvalue weighted by Gasteiger charge is 2.21. The van der Waals surface area contributed by atoms with Crippen molar-refractivity contribution in [2.24, 2.45) is 0 Å². The quantitative estimate of drug-likeness (QED) is 0.911. The Morgan fingerprint density at radius 2 is 1.91 bits per heavy atom. The molecule has 0 saturated heterocycles. The molecule has 0 aromatic heterocycles. The van der Waals surface area contributed by atoms with Crippen molar-refractivity contribution in [1.29, 1.82) is 0 Å². The van der Waals surface area contributed by atoms with E-state index in [1.807, 2.05) is 38.1 Å². The van der Waals surface area contributed by atoms with Crippen molar-refractivity contribution in [1.82, 2.24) is 0 Å². The van der Waals surface area contributed by atoms with Crippen LogP contribution in [0.3, 0.4) is 0 Å². The summed E-state index contributed by atoms with van der Waals surface area (Å²) in [6, 6.07) is 11.3. The van der Waals surface area contributed by atoms with Crippen molar-refractivity contribution in [3.05, 3.63) is 53.1 Å². The maximum atomic E-state index is 12.6. The molecule has 0 amide bonds. The molecule has 3 rings (SSSR count). The minimum absolute atomic E-state index is 0.308. The van der Waals surface area contributed by atoms with Gasteiger partial charge in [-0.1, -0.05) is 12.1 Å². The van der Waals surface area contributed by atoms with E-state index in [0.717, 1.165) is 28.8 Å². The predicted molar refractivity (Wildman–Crippen MR) is 90.0 cm³/mol. The molecule has 2 aromatic rings. The first kappa shape index (κ1) is 14.9. The topological polar surface area (TPSA) is 58.2 Å². The van der Waals surface area contributed by atoms with Crippen molar-refractivity contribution in [2.75, 3.05) is 10.0 Å². The standard InChI is InChI=1S/C17H20N2O2S/c1-11-4-5-12(2)17(8-11)19-22(20,21)15-6-7-16-14(10-15)9-13(3)18-16/h4-8,10,13,18-19H,9H2,1-3H3/t13-/m0/s1. The maximum Gasteiger partial charge on any atom is 0.261 e. The highest BCUT2D eigenvalue weighted by Crippen LogP contribution is 2.29. The first-order valence-corrected chi connectivity index (χ1v) is 8.83. The molecule has 2 N–H and O–H groups in total. The second-order valence-corrected chi connectivity index (χ2v) is 7.67. The lowest BCUT2D eigenvalue weighted by molar-refractivity contribution is 0.601. The van der Waals surface area contributed by atoms with Gasteiger partial charge in [0.1, 0.15) is 0 Å². The van der Waals surface area contributed by atoms with Gasteiger partial charge >= 0.3 is 0 Å². The number of sulfonamides is 1. The third-order valence-electron chi connectivity index (χ3n) is 3.95. The average molecular weight is 316 g/mol. The number of nitrogens with one attached hydrogen (secondary N) is 2. The number of aryl methyl sites for hydroxylation is 2. The Morgan fingerprint density at radius 1 is 1.14 bits per heavy atom. The van der Waals surface area contributed by atoms with E-state index in [1.165, 1.54) is 0 Å². The van der Waals surface area contributed by atoms with Crippen LogP contribution in [0.1, 0.15) is 23.6 Å². The third kappa shape index (κ3) is 2.81. The summed E-state index contributed by atoms with van der Waals surface area (Å²) < 4.78 is 27.9. The molecule has 0 aliphatic carbocycles. The van der Waals surface area contributed by atoms with Crippen LogP contribution in [0.5, 0.6) is 0 Å². The average Bonchev–Trinajstić information content (AvgIpc) is 2.81. The summed E-state index contributed by atoms with van der Waals surface area (Å²) in [6.07, 6.45) is 0.849. The number of fused-ring (bicyclic) bond motifs is 1. The Morgan fingerprint density at radius 3 is 2.68 bits per heavy atom. The van der Waals surface area contributed by atoms with E-state index >= 15 is 0 Å². The van der Waals surface area contributed by atoms with Crippen molar-refractivity contribution in [2.45, 2.75) is 38.1 Å². The summed E-state index contributed by atoms with van der Waals surface area (Å²) in [7, 11) is -3.57. The fourth-order valence-electron chi connectivity index (χ4n) is 2.74. The van der Waals surface area contributed by atoms with Gasteiger partial charge in [-0.3, -0.25) is 4.72 Å². The fourth-order valence-corrected chi connectivity index (χ4v) is 3.91. The summed E-state index contributed by atoms with van der Waals surface area (Å²) >= 11 is 0. The predicted octanol–water partition coefficient (Wildman–Crippen LogP) is 3.46. The van der Waals surface area contributed by atoms with Gasteiger partial charge in [0.15, 0.2) is 0 Å². The van der Waals surface area contributed by atoms with Gasteiger partial charge in [-0.15, -0.1) is 0 Å². The zero-order valence-electron chi connectivity index (χ0n) is 13.0. The molecule has 4 nitrogen and oxygen atoms in total. The van der Waals surface area contributed by atoms with Crippen molar-refractivity contribution in [3.63, 3.8) is 0 Å². The molecule has 0 bridgehead atoms. The van der Waals surface area contributed by atoms with Gasteiger partial charge in [0.05, 0.1) is 10.6 Å². The zero-order chi connectivity index (χ0) is 15.9. The van der Waals surface area contributed by atoms with E-state index in [9.17, 15) is 8.42 Å². The molecule has 116 valence electrons. The van der Waals surface area contributed by atoms with Crippen LogP contribution >= 0.6 is 0 Å². The van der Waals surface area contributed by atoms with Gasteiger partial charge in [-0.05, 0) is 68.1 Å². The van der Waals surface area contributed by atoms with Gasteiger partial charge in [-0.2, -0.15) is 0 Å². The molecule has 0 unspecified atom stereocenters. The number of hydrogen-bond acceptors (Lipinski definition) is 3. The van der Waals surface area contributed by atoms with E-state index in [2.05, 4.69) is 17.0 Å². The first-order valence-electron chi connectivity index (χ1n) is 7.35. The fraction of sp³-hybridized carbons (Fsp3) is 0.294. The molecule has 0 fully saturated rings. The zero-order valence-corrected chi connectivity index (χ0v) is 13.8. The van der Waals surface area contributed by atoms with Gasteiger partial charge < -0.3 is 5.32 Å². The van der Waals surface area contributed by atoms with E-state index in [-0.39, 0.29) is 0 Å². The molecule has 2 aromatic carbocycles. The molecular weight excluding hydrogens is 296 g/mol. The highest BCUT2D eigenvalue weighted by molar-refractivity contribution is 7.92. The molecule has 22 heavy (non-hydrogen) atoms. The molecule has 1 aliphatic rings. The summed E-state index contributed by atoms with van der Waals surface area (Å²) in [4.78, 5) is 0.308. The summed E-state index contributed by atoms with van der Waals surface area (Å²) in [6.45, 7) is 5.92. The van der Waals surface area contributed by atoms with Crippen LogP contribution in [0.2, 0.25) is 0 Å². The second kappa shape index (κ2) is 5.32. The van der Waals surface area contributed by atoms with Gasteiger partial charge in [0.25, 0.3) is 10.0 Å². The summed E-state index contributed by atoms with van der Waals surface area (Å²) in [5, 5.41) is 3.33. The normalized spacial score (nSPS) is 17.0. The Hall–Kier alpha value is -2.01. The monoisotopic (exact) mass is 316 g/mol. The second-order valence-electron chi connectivity index (χ2n) is 5.99. The Balaban J connectivity index is 1.94. The third-order valence-corrected chi connectivity index (χ3v) is 5.32. The van der Waals surface area contributed by atoms with Crippen molar-refractivity contribution < 1.29 is 8.42 Å². The van der Waals surface area contributed by atoms with Crippen LogP contribution in [0.25, 0.3) is 0 Å². The number of hydrogen-bond donors (Lipinski definition) is 2. The number of rotatable bonds is 3. The lowest BCUT2D eigenvalue weighted by atomic mass is 10.1. The Labute approximate surface area is 131 Å². The number of anilines is 2. The molecule has 1 aliphatic heterocycles. The minimum Gasteiger partial charge on any atom is -0.382 e.